The molecule has 1 unspecified atom stereocenters. The molecule has 0 aromatic heterocycles. The topological polar surface area (TPSA) is 26.3 Å². The van der Waals surface area contributed by atoms with Gasteiger partial charge >= 0.3 is 5.97 Å². The first-order chi connectivity index (χ1) is 19.3. The van der Waals surface area contributed by atoms with E-state index in [-0.39, 0.29) is 12.1 Å². The molecule has 0 amide bonds. The molecule has 0 N–H and O–H groups in total. The van der Waals surface area contributed by atoms with Gasteiger partial charge < -0.3 is 4.74 Å². The lowest BCUT2D eigenvalue weighted by molar-refractivity contribution is -0.153. The first-order valence-corrected chi connectivity index (χ1v) is 18.5. The molecule has 0 aromatic rings. The Kier molecular flexibility index (Phi) is 22.4. The highest BCUT2D eigenvalue weighted by Gasteiger charge is 2.25. The summed E-state index contributed by atoms with van der Waals surface area (Å²) in [4.78, 5) is 12.8. The van der Waals surface area contributed by atoms with E-state index in [1.165, 1.54) is 186 Å². The van der Waals surface area contributed by atoms with Crippen LogP contribution in [0.4, 0.5) is 0 Å². The van der Waals surface area contributed by atoms with Crippen LogP contribution in [0.2, 0.25) is 0 Å². The third-order valence-corrected chi connectivity index (χ3v) is 10.0. The van der Waals surface area contributed by atoms with Gasteiger partial charge in [0.05, 0.1) is 0 Å². The maximum atomic E-state index is 12.8. The van der Waals surface area contributed by atoms with Crippen LogP contribution in [0.5, 0.6) is 0 Å². The summed E-state index contributed by atoms with van der Waals surface area (Å²) in [5.41, 5.74) is 0. The first-order valence-electron chi connectivity index (χ1n) is 18.5. The van der Waals surface area contributed by atoms with Crippen LogP contribution in [0.3, 0.4) is 0 Å². The van der Waals surface area contributed by atoms with Gasteiger partial charge in [-0.3, -0.25) is 4.79 Å². The molecule has 230 valence electrons. The Morgan fingerprint density at radius 2 is 0.872 bits per heavy atom. The molecule has 3 saturated carbocycles. The van der Waals surface area contributed by atoms with Crippen LogP contribution in [0.15, 0.2) is 0 Å². The molecule has 1 atom stereocenters. The molecule has 0 aromatic carbocycles. The summed E-state index contributed by atoms with van der Waals surface area (Å²) in [6, 6.07) is 0. The summed E-state index contributed by atoms with van der Waals surface area (Å²) in [6.07, 6.45) is 43.2. The molecule has 3 rings (SSSR count). The molecule has 0 spiro atoms. The first kappa shape index (κ1) is 34.7. The maximum absolute atomic E-state index is 12.8. The Labute approximate surface area is 245 Å². The molecular weight excluding hydrogens is 476 g/mol. The van der Waals surface area contributed by atoms with Crippen LogP contribution in [-0.2, 0) is 9.53 Å². The third kappa shape index (κ3) is 19.3. The SMILES string of the molecule is CCCCCCCCCCCCCCCCCCCC(=O)OC1CCCCC2CCCCCC1CCCCC2. The number of carbonyl (C=O) groups is 1. The normalized spacial score (nSPS) is 23.3. The van der Waals surface area contributed by atoms with Crippen LogP contribution >= 0.6 is 0 Å². The van der Waals surface area contributed by atoms with Gasteiger partial charge in [0.15, 0.2) is 0 Å². The van der Waals surface area contributed by atoms with Crippen molar-refractivity contribution in [3.63, 3.8) is 0 Å². The number of esters is 1. The van der Waals surface area contributed by atoms with Crippen molar-refractivity contribution >= 4 is 5.97 Å². The van der Waals surface area contributed by atoms with Crippen molar-refractivity contribution in [1.82, 2.24) is 0 Å². The van der Waals surface area contributed by atoms with Crippen LogP contribution < -0.4 is 0 Å². The average Bonchev–Trinajstić information content (AvgIpc) is 2.92. The summed E-state index contributed by atoms with van der Waals surface area (Å²) in [5, 5.41) is 0. The van der Waals surface area contributed by atoms with Gasteiger partial charge in [-0.15, -0.1) is 0 Å². The number of hydrogen-bond acceptors (Lipinski definition) is 2. The fraction of sp³-hybridized carbons (Fsp3) is 0.973. The zero-order valence-corrected chi connectivity index (χ0v) is 26.7. The number of unbranched alkanes of at least 4 members (excludes halogenated alkanes) is 16. The third-order valence-electron chi connectivity index (χ3n) is 10.0. The smallest absolute Gasteiger partial charge is 0.306 e. The van der Waals surface area contributed by atoms with E-state index >= 15 is 0 Å². The second kappa shape index (κ2) is 25.2. The lowest BCUT2D eigenvalue weighted by Crippen LogP contribution is -2.28. The highest BCUT2D eigenvalue weighted by molar-refractivity contribution is 5.69. The molecule has 0 saturated heterocycles. The van der Waals surface area contributed by atoms with Crippen molar-refractivity contribution in [2.45, 2.75) is 218 Å². The predicted octanol–water partition coefficient (Wildman–Crippen LogP) is 12.7. The molecule has 3 aliphatic rings. The predicted molar refractivity (Wildman–Crippen MR) is 170 cm³/mol. The minimum Gasteiger partial charge on any atom is -0.462 e. The van der Waals surface area contributed by atoms with Gasteiger partial charge in [0, 0.05) is 6.42 Å². The molecule has 3 fully saturated rings. The second-order valence-electron chi connectivity index (χ2n) is 13.6. The summed E-state index contributed by atoms with van der Waals surface area (Å²) < 4.78 is 6.24. The van der Waals surface area contributed by atoms with Crippen molar-refractivity contribution in [3.05, 3.63) is 0 Å². The van der Waals surface area contributed by atoms with Gasteiger partial charge in [-0.1, -0.05) is 174 Å². The molecule has 0 heterocycles. The van der Waals surface area contributed by atoms with Crippen molar-refractivity contribution in [1.29, 1.82) is 0 Å². The summed E-state index contributed by atoms with van der Waals surface area (Å²) in [6.45, 7) is 2.30. The second-order valence-corrected chi connectivity index (χ2v) is 13.6. The zero-order chi connectivity index (χ0) is 27.6. The Balaban J connectivity index is 1.48. The van der Waals surface area contributed by atoms with Crippen LogP contribution in [0.25, 0.3) is 0 Å². The standard InChI is InChI=1S/C37H70O2/c1-2-3-4-5-6-7-8-9-10-11-12-13-14-15-16-17-24-33-37(38)39-36-32-26-25-29-34-27-20-18-22-30-35(36)31-23-19-21-28-34/h34-36H,2-33H2,1H3. The van der Waals surface area contributed by atoms with E-state index in [4.69, 9.17) is 4.74 Å². The number of carbonyl (C=O) groups excluding carboxylic acids is 1. The lowest BCUT2D eigenvalue weighted by Gasteiger charge is -2.29. The fourth-order valence-electron chi connectivity index (χ4n) is 7.37. The van der Waals surface area contributed by atoms with Crippen molar-refractivity contribution in [2.75, 3.05) is 0 Å². The van der Waals surface area contributed by atoms with Gasteiger partial charge in [0.1, 0.15) is 6.10 Å². The Morgan fingerprint density at radius 1 is 0.487 bits per heavy atom. The van der Waals surface area contributed by atoms with Crippen LogP contribution in [-0.4, -0.2) is 12.1 Å². The zero-order valence-electron chi connectivity index (χ0n) is 26.7. The van der Waals surface area contributed by atoms with Crippen LogP contribution in [0.1, 0.15) is 212 Å². The molecule has 2 heteroatoms. The number of ether oxygens (including phenoxy) is 1. The summed E-state index contributed by atoms with van der Waals surface area (Å²) in [7, 11) is 0. The van der Waals surface area contributed by atoms with E-state index in [1.54, 1.807) is 0 Å². The Morgan fingerprint density at radius 3 is 1.36 bits per heavy atom. The Hall–Kier alpha value is -0.530. The summed E-state index contributed by atoms with van der Waals surface area (Å²) in [5.74, 6) is 1.67. The van der Waals surface area contributed by atoms with Gasteiger partial charge in [-0.25, -0.2) is 0 Å². The molecule has 0 radical (unpaired) electrons. The van der Waals surface area contributed by atoms with Crippen molar-refractivity contribution in [2.24, 2.45) is 11.8 Å². The van der Waals surface area contributed by atoms with Gasteiger partial charge in [-0.05, 0) is 43.9 Å². The van der Waals surface area contributed by atoms with Gasteiger partial charge in [0.25, 0.3) is 0 Å². The van der Waals surface area contributed by atoms with E-state index in [1.807, 2.05) is 0 Å². The maximum Gasteiger partial charge on any atom is 0.306 e. The minimum absolute atomic E-state index is 0.100. The quantitative estimate of drug-likeness (QED) is 0.119. The number of rotatable bonds is 19. The molecule has 0 aliphatic heterocycles. The van der Waals surface area contributed by atoms with Gasteiger partial charge in [-0.2, -0.15) is 0 Å². The highest BCUT2D eigenvalue weighted by atomic mass is 16.5. The van der Waals surface area contributed by atoms with Crippen LogP contribution in [0, 0.1) is 11.8 Å². The molecular formula is C37H70O2. The van der Waals surface area contributed by atoms with E-state index in [0.29, 0.717) is 12.3 Å². The molecule has 2 nitrogen and oxygen atoms in total. The minimum atomic E-state index is 0.100. The van der Waals surface area contributed by atoms with E-state index in [0.717, 1.165) is 18.8 Å². The van der Waals surface area contributed by atoms with E-state index < -0.39 is 0 Å². The number of hydrogen-bond donors (Lipinski definition) is 0. The van der Waals surface area contributed by atoms with Gasteiger partial charge in [0.2, 0.25) is 0 Å². The van der Waals surface area contributed by atoms with Crippen molar-refractivity contribution < 1.29 is 9.53 Å². The average molecular weight is 547 g/mol. The lowest BCUT2D eigenvalue weighted by atomic mass is 9.82. The van der Waals surface area contributed by atoms with Crippen molar-refractivity contribution in [3.8, 4) is 0 Å². The molecule has 3 aliphatic carbocycles. The highest BCUT2D eigenvalue weighted by Crippen LogP contribution is 2.32. The van der Waals surface area contributed by atoms with E-state index in [2.05, 4.69) is 6.92 Å². The molecule has 2 bridgehead atoms. The largest absolute Gasteiger partial charge is 0.462 e. The molecule has 39 heavy (non-hydrogen) atoms. The van der Waals surface area contributed by atoms with E-state index in [9.17, 15) is 4.79 Å². The monoisotopic (exact) mass is 547 g/mol. The summed E-state index contributed by atoms with van der Waals surface area (Å²) >= 11 is 0. The Bertz CT molecular complexity index is 530. The fourth-order valence-corrected chi connectivity index (χ4v) is 7.37. The number of fused-ring (bicyclic) bond motifs is 12.